The fourth-order valence-electron chi connectivity index (χ4n) is 2.55. The third-order valence-corrected chi connectivity index (χ3v) is 4.80. The molecule has 120 valence electrons. The monoisotopic (exact) mass is 328 g/mol. The summed E-state index contributed by atoms with van der Waals surface area (Å²) in [5.41, 5.74) is 2.85. The zero-order chi connectivity index (χ0) is 16.4. The van der Waals surface area contributed by atoms with E-state index in [9.17, 15) is 5.26 Å². The smallest absolute Gasteiger partial charge is 0.226 e. The molecule has 0 spiro atoms. The number of nitrogens with zero attached hydrogens (tertiary/aromatic N) is 4. The average molecular weight is 328 g/mol. The third kappa shape index (κ3) is 3.56. The average Bonchev–Trinajstić information content (AvgIpc) is 3.01. The lowest BCUT2D eigenvalue weighted by atomic mass is 9.95. The molecule has 0 fully saturated rings. The topological polar surface area (TPSA) is 75.6 Å². The van der Waals surface area contributed by atoms with Crippen molar-refractivity contribution in [3.63, 3.8) is 0 Å². The molecular formula is C17H20N4OS. The fourth-order valence-corrected chi connectivity index (χ4v) is 3.36. The van der Waals surface area contributed by atoms with E-state index in [4.69, 9.17) is 9.40 Å². The van der Waals surface area contributed by atoms with Crippen LogP contribution in [-0.4, -0.2) is 15.2 Å². The highest BCUT2D eigenvalue weighted by Crippen LogP contribution is 2.29. The van der Waals surface area contributed by atoms with Gasteiger partial charge in [-0.05, 0) is 37.3 Å². The van der Waals surface area contributed by atoms with Crippen LogP contribution in [0.3, 0.4) is 0 Å². The molecule has 0 aliphatic heterocycles. The van der Waals surface area contributed by atoms with Gasteiger partial charge in [0.05, 0.1) is 11.3 Å². The Labute approximate surface area is 140 Å². The lowest BCUT2D eigenvalue weighted by Crippen LogP contribution is -2.11. The number of thioether (sulfide) groups is 1. The van der Waals surface area contributed by atoms with Gasteiger partial charge in [-0.3, -0.25) is 0 Å². The van der Waals surface area contributed by atoms with Crippen LogP contribution < -0.4 is 0 Å². The van der Waals surface area contributed by atoms with Crippen LogP contribution in [0.25, 0.3) is 0 Å². The molecule has 6 heteroatoms. The van der Waals surface area contributed by atoms with Crippen molar-refractivity contribution < 1.29 is 4.42 Å². The number of hydrogen-bond acceptors (Lipinski definition) is 6. The molecule has 0 bridgehead atoms. The summed E-state index contributed by atoms with van der Waals surface area (Å²) in [6.07, 6.45) is 4.39. The Bertz CT molecular complexity index is 755. The molecule has 2 aromatic rings. The van der Waals surface area contributed by atoms with Gasteiger partial charge in [0.2, 0.25) is 11.8 Å². The van der Waals surface area contributed by atoms with E-state index in [1.807, 2.05) is 26.8 Å². The Hall–Kier alpha value is -1.87. The summed E-state index contributed by atoms with van der Waals surface area (Å²) >= 11 is 1.49. The van der Waals surface area contributed by atoms with Crippen molar-refractivity contribution in [2.45, 2.75) is 62.6 Å². The SMILES string of the molecule is CC(C)(C)c1nnc(CSc2nc3c(cc2C#N)CCCC3)o1. The molecular weight excluding hydrogens is 308 g/mol. The van der Waals surface area contributed by atoms with Crippen molar-refractivity contribution in [2.24, 2.45) is 0 Å². The van der Waals surface area contributed by atoms with Crippen molar-refractivity contribution in [2.75, 3.05) is 0 Å². The van der Waals surface area contributed by atoms with Crippen LogP contribution in [0.1, 0.15) is 62.2 Å². The van der Waals surface area contributed by atoms with Crippen molar-refractivity contribution in [1.29, 1.82) is 5.26 Å². The minimum atomic E-state index is -0.155. The molecule has 0 aromatic carbocycles. The fraction of sp³-hybridized carbons (Fsp3) is 0.529. The summed E-state index contributed by atoms with van der Waals surface area (Å²) in [5, 5.41) is 18.3. The Morgan fingerprint density at radius 1 is 1.26 bits per heavy atom. The highest BCUT2D eigenvalue weighted by Gasteiger charge is 2.22. The van der Waals surface area contributed by atoms with Crippen molar-refractivity contribution in [1.82, 2.24) is 15.2 Å². The number of hydrogen-bond donors (Lipinski definition) is 0. The molecule has 2 heterocycles. The summed E-state index contributed by atoms with van der Waals surface area (Å²) in [6, 6.07) is 4.26. The van der Waals surface area contributed by atoms with E-state index in [1.54, 1.807) is 0 Å². The predicted molar refractivity (Wildman–Crippen MR) is 88.2 cm³/mol. The first-order valence-corrected chi connectivity index (χ1v) is 8.84. The molecule has 23 heavy (non-hydrogen) atoms. The lowest BCUT2D eigenvalue weighted by molar-refractivity contribution is 0.378. The Kier molecular flexibility index (Phi) is 4.40. The quantitative estimate of drug-likeness (QED) is 0.798. The van der Waals surface area contributed by atoms with Crippen molar-refractivity contribution in [3.05, 3.63) is 34.7 Å². The molecule has 2 aromatic heterocycles. The van der Waals surface area contributed by atoms with Crippen LogP contribution >= 0.6 is 11.8 Å². The van der Waals surface area contributed by atoms with E-state index in [1.165, 1.54) is 30.2 Å². The zero-order valence-electron chi connectivity index (χ0n) is 13.7. The first-order valence-electron chi connectivity index (χ1n) is 7.86. The summed E-state index contributed by atoms with van der Waals surface area (Å²) in [7, 11) is 0. The second-order valence-corrected chi connectivity index (χ2v) is 7.77. The summed E-state index contributed by atoms with van der Waals surface area (Å²) < 4.78 is 5.70. The maximum absolute atomic E-state index is 9.37. The van der Waals surface area contributed by atoms with Crippen molar-refractivity contribution in [3.8, 4) is 6.07 Å². The molecule has 0 unspecified atom stereocenters. The van der Waals surface area contributed by atoms with E-state index in [2.05, 4.69) is 16.3 Å². The largest absolute Gasteiger partial charge is 0.424 e. The van der Waals surface area contributed by atoms with Gasteiger partial charge in [-0.15, -0.1) is 10.2 Å². The van der Waals surface area contributed by atoms with Gasteiger partial charge < -0.3 is 4.42 Å². The second kappa shape index (κ2) is 6.32. The molecule has 0 radical (unpaired) electrons. The Balaban J connectivity index is 1.78. The molecule has 0 saturated heterocycles. The van der Waals surface area contributed by atoms with E-state index < -0.39 is 0 Å². The van der Waals surface area contributed by atoms with Gasteiger partial charge >= 0.3 is 0 Å². The minimum absolute atomic E-state index is 0.155. The van der Waals surface area contributed by atoms with Gasteiger partial charge in [0.25, 0.3) is 0 Å². The predicted octanol–water partition coefficient (Wildman–Crippen LogP) is 3.80. The number of rotatable bonds is 3. The van der Waals surface area contributed by atoms with Gasteiger partial charge in [-0.1, -0.05) is 32.5 Å². The van der Waals surface area contributed by atoms with Crippen LogP contribution in [0.15, 0.2) is 15.5 Å². The van der Waals surface area contributed by atoms with Gasteiger partial charge in [0, 0.05) is 11.1 Å². The molecule has 0 N–H and O–H groups in total. The Morgan fingerprint density at radius 3 is 2.74 bits per heavy atom. The van der Waals surface area contributed by atoms with Crippen LogP contribution in [0, 0.1) is 11.3 Å². The van der Waals surface area contributed by atoms with Crippen LogP contribution in [0.5, 0.6) is 0 Å². The molecule has 0 amide bonds. The molecule has 0 atom stereocenters. The summed E-state index contributed by atoms with van der Waals surface area (Å²) in [5.74, 6) is 1.74. The van der Waals surface area contributed by atoms with Gasteiger partial charge in [-0.25, -0.2) is 4.98 Å². The second-order valence-electron chi connectivity index (χ2n) is 6.81. The van der Waals surface area contributed by atoms with Crippen LogP contribution in [0.2, 0.25) is 0 Å². The molecule has 1 aliphatic rings. The number of pyridine rings is 1. The number of aromatic nitrogens is 3. The van der Waals surface area contributed by atoms with Crippen molar-refractivity contribution >= 4 is 11.8 Å². The summed E-state index contributed by atoms with van der Waals surface area (Å²) in [4.78, 5) is 4.71. The normalized spacial score (nSPS) is 14.3. The molecule has 5 nitrogen and oxygen atoms in total. The van der Waals surface area contributed by atoms with Crippen LogP contribution in [-0.2, 0) is 24.0 Å². The van der Waals surface area contributed by atoms with Gasteiger partial charge in [0.15, 0.2) is 0 Å². The van der Waals surface area contributed by atoms with E-state index in [0.29, 0.717) is 23.1 Å². The van der Waals surface area contributed by atoms with Crippen LogP contribution in [0.4, 0.5) is 0 Å². The molecule has 0 saturated carbocycles. The third-order valence-electron chi connectivity index (χ3n) is 3.83. The minimum Gasteiger partial charge on any atom is -0.424 e. The number of fused-ring (bicyclic) bond motifs is 1. The Morgan fingerprint density at radius 2 is 2.04 bits per heavy atom. The summed E-state index contributed by atoms with van der Waals surface area (Å²) in [6.45, 7) is 6.11. The lowest BCUT2D eigenvalue weighted by Gasteiger charge is -2.16. The van der Waals surface area contributed by atoms with E-state index in [-0.39, 0.29) is 5.41 Å². The molecule has 1 aliphatic carbocycles. The van der Waals surface area contributed by atoms with E-state index in [0.717, 1.165) is 23.6 Å². The highest BCUT2D eigenvalue weighted by molar-refractivity contribution is 7.98. The molecule has 3 rings (SSSR count). The maximum atomic E-state index is 9.37. The van der Waals surface area contributed by atoms with E-state index >= 15 is 0 Å². The van der Waals surface area contributed by atoms with Gasteiger partial charge in [-0.2, -0.15) is 5.26 Å². The van der Waals surface area contributed by atoms with Gasteiger partial charge in [0.1, 0.15) is 11.1 Å². The zero-order valence-corrected chi connectivity index (χ0v) is 14.5. The number of nitriles is 1. The number of aryl methyl sites for hydroxylation is 2. The first-order chi connectivity index (χ1) is 11.0. The first kappa shape index (κ1) is 16.0. The standard InChI is InChI=1S/C17H20N4OS/c1-17(2,3)16-21-20-14(22-16)10-23-15-12(9-18)8-11-6-4-5-7-13(11)19-15/h8H,4-7,10H2,1-3H3. The highest BCUT2D eigenvalue weighted by atomic mass is 32.2. The maximum Gasteiger partial charge on any atom is 0.226 e.